The summed E-state index contributed by atoms with van der Waals surface area (Å²) in [5.41, 5.74) is 4.88. The van der Waals surface area contributed by atoms with Crippen molar-refractivity contribution in [2.75, 3.05) is 6.61 Å². The summed E-state index contributed by atoms with van der Waals surface area (Å²) in [6, 6.07) is -1.06. The van der Waals surface area contributed by atoms with Crippen LogP contribution in [0.5, 0.6) is 0 Å². The van der Waals surface area contributed by atoms with Crippen molar-refractivity contribution < 1.29 is 19.8 Å². The number of carboxylic acid groups (broad SMARTS) is 1. The second-order valence-electron chi connectivity index (χ2n) is 5.31. The van der Waals surface area contributed by atoms with Gasteiger partial charge in [0, 0.05) is 0 Å². The summed E-state index contributed by atoms with van der Waals surface area (Å²) < 4.78 is 0. The van der Waals surface area contributed by atoms with Gasteiger partial charge in [-0.2, -0.15) is 0 Å². The quantitative estimate of drug-likeness (QED) is 0.547. The molecule has 0 aromatic heterocycles. The van der Waals surface area contributed by atoms with Gasteiger partial charge in [-0.15, -0.1) is 0 Å². The molecule has 1 atom stereocenters. The zero-order valence-electron chi connectivity index (χ0n) is 10.7. The van der Waals surface area contributed by atoms with E-state index >= 15 is 0 Å². The number of nitrogens with one attached hydrogen (secondary N) is 1. The third-order valence-electron chi connectivity index (χ3n) is 3.65. The van der Waals surface area contributed by atoms with Gasteiger partial charge in [-0.3, -0.25) is 9.59 Å². The minimum absolute atomic E-state index is 0.134. The summed E-state index contributed by atoms with van der Waals surface area (Å²) in [6.07, 6.45) is 2.89. The van der Waals surface area contributed by atoms with E-state index < -0.39 is 29.9 Å². The predicted octanol–water partition coefficient (Wildman–Crippen LogP) is -0.154. The molecule has 0 heterocycles. The standard InChI is InChI=1S/C12H22N2O4/c1-8-2-4-12(7-15,5-3-8)14-11(18)9(13)6-10(16)17/h8-9,15H,2-7,13H2,1H3,(H,14,18)(H,16,17). The molecule has 0 bridgehead atoms. The van der Waals surface area contributed by atoms with Crippen LogP contribution in [0.25, 0.3) is 0 Å². The molecule has 6 heteroatoms. The van der Waals surface area contributed by atoms with Gasteiger partial charge in [0.05, 0.1) is 24.6 Å². The maximum absolute atomic E-state index is 11.8. The van der Waals surface area contributed by atoms with Crippen molar-refractivity contribution in [1.82, 2.24) is 5.32 Å². The second-order valence-corrected chi connectivity index (χ2v) is 5.31. The van der Waals surface area contributed by atoms with Crippen molar-refractivity contribution >= 4 is 11.9 Å². The number of aliphatic hydroxyl groups excluding tert-OH is 1. The Labute approximate surface area is 107 Å². The van der Waals surface area contributed by atoms with Crippen molar-refractivity contribution in [2.45, 2.75) is 50.6 Å². The molecule has 1 rings (SSSR count). The van der Waals surface area contributed by atoms with Crippen LogP contribution in [0.1, 0.15) is 39.0 Å². The van der Waals surface area contributed by atoms with Crippen molar-refractivity contribution in [3.05, 3.63) is 0 Å². The van der Waals surface area contributed by atoms with Crippen LogP contribution in [0, 0.1) is 5.92 Å². The van der Waals surface area contributed by atoms with Crippen LogP contribution < -0.4 is 11.1 Å². The minimum atomic E-state index is -1.10. The molecule has 18 heavy (non-hydrogen) atoms. The van der Waals surface area contributed by atoms with Gasteiger partial charge in [-0.05, 0) is 31.6 Å². The van der Waals surface area contributed by atoms with Crippen molar-refractivity contribution in [3.8, 4) is 0 Å². The van der Waals surface area contributed by atoms with Crippen molar-refractivity contribution in [2.24, 2.45) is 11.7 Å². The zero-order valence-corrected chi connectivity index (χ0v) is 10.7. The summed E-state index contributed by atoms with van der Waals surface area (Å²) >= 11 is 0. The fourth-order valence-corrected chi connectivity index (χ4v) is 2.27. The molecule has 1 unspecified atom stereocenters. The fourth-order valence-electron chi connectivity index (χ4n) is 2.27. The molecule has 0 radical (unpaired) electrons. The van der Waals surface area contributed by atoms with Gasteiger partial charge >= 0.3 is 5.97 Å². The van der Waals surface area contributed by atoms with Gasteiger partial charge in [-0.25, -0.2) is 0 Å². The molecular formula is C12H22N2O4. The lowest BCUT2D eigenvalue weighted by molar-refractivity contribution is -0.140. The minimum Gasteiger partial charge on any atom is -0.481 e. The number of aliphatic hydroxyl groups is 1. The molecule has 0 spiro atoms. The maximum atomic E-state index is 11.8. The Kier molecular flexibility index (Phi) is 5.10. The van der Waals surface area contributed by atoms with Crippen LogP contribution >= 0.6 is 0 Å². The van der Waals surface area contributed by atoms with Crippen LogP contribution in [-0.4, -0.2) is 40.3 Å². The van der Waals surface area contributed by atoms with Gasteiger partial charge in [0.1, 0.15) is 0 Å². The second kappa shape index (κ2) is 6.15. The molecule has 0 aliphatic heterocycles. The fraction of sp³-hybridized carbons (Fsp3) is 0.833. The van der Waals surface area contributed by atoms with Gasteiger partial charge < -0.3 is 21.3 Å². The van der Waals surface area contributed by atoms with Crippen molar-refractivity contribution in [3.63, 3.8) is 0 Å². The number of aliphatic carboxylic acids is 1. The van der Waals surface area contributed by atoms with E-state index in [-0.39, 0.29) is 6.61 Å². The smallest absolute Gasteiger partial charge is 0.305 e. The maximum Gasteiger partial charge on any atom is 0.305 e. The Morgan fingerprint density at radius 3 is 2.44 bits per heavy atom. The molecule has 0 saturated heterocycles. The number of carboxylic acids is 1. The average molecular weight is 258 g/mol. The highest BCUT2D eigenvalue weighted by molar-refractivity contribution is 5.86. The van der Waals surface area contributed by atoms with Gasteiger partial charge in [0.25, 0.3) is 0 Å². The summed E-state index contributed by atoms with van der Waals surface area (Å²) in [5.74, 6) is -1.01. The Morgan fingerprint density at radius 2 is 2.00 bits per heavy atom. The molecule has 0 aromatic rings. The van der Waals surface area contributed by atoms with Crippen LogP contribution in [0.2, 0.25) is 0 Å². The average Bonchev–Trinajstić information content (AvgIpc) is 2.31. The lowest BCUT2D eigenvalue weighted by Crippen LogP contribution is -2.57. The molecular weight excluding hydrogens is 236 g/mol. The monoisotopic (exact) mass is 258 g/mol. The number of carbonyl (C=O) groups excluding carboxylic acids is 1. The Bertz CT molecular complexity index is 311. The molecule has 1 aliphatic rings. The third kappa shape index (κ3) is 3.96. The molecule has 5 N–H and O–H groups in total. The van der Waals surface area contributed by atoms with E-state index in [2.05, 4.69) is 12.2 Å². The number of nitrogens with two attached hydrogens (primary N) is 1. The first-order valence-corrected chi connectivity index (χ1v) is 6.29. The van der Waals surface area contributed by atoms with Crippen LogP contribution in [0.3, 0.4) is 0 Å². The summed E-state index contributed by atoms with van der Waals surface area (Å²) in [5, 5.41) is 20.8. The Hall–Kier alpha value is -1.14. The highest BCUT2D eigenvalue weighted by Crippen LogP contribution is 2.31. The van der Waals surface area contributed by atoms with Crippen LogP contribution in [-0.2, 0) is 9.59 Å². The Balaban J connectivity index is 2.57. The van der Waals surface area contributed by atoms with E-state index in [1.165, 1.54) is 0 Å². The predicted molar refractivity (Wildman–Crippen MR) is 65.8 cm³/mol. The van der Waals surface area contributed by atoms with E-state index in [4.69, 9.17) is 10.8 Å². The van der Waals surface area contributed by atoms with E-state index in [1.54, 1.807) is 0 Å². The molecule has 1 amide bonds. The van der Waals surface area contributed by atoms with E-state index in [0.717, 1.165) is 12.8 Å². The lowest BCUT2D eigenvalue weighted by Gasteiger charge is -2.39. The molecule has 6 nitrogen and oxygen atoms in total. The molecule has 1 saturated carbocycles. The largest absolute Gasteiger partial charge is 0.481 e. The number of amides is 1. The third-order valence-corrected chi connectivity index (χ3v) is 3.65. The first kappa shape index (κ1) is 14.9. The topological polar surface area (TPSA) is 113 Å². The number of hydrogen-bond donors (Lipinski definition) is 4. The van der Waals surface area contributed by atoms with E-state index in [9.17, 15) is 14.7 Å². The number of carbonyl (C=O) groups is 2. The molecule has 1 aliphatic carbocycles. The van der Waals surface area contributed by atoms with Crippen LogP contribution in [0.15, 0.2) is 0 Å². The lowest BCUT2D eigenvalue weighted by atomic mass is 9.77. The first-order valence-electron chi connectivity index (χ1n) is 6.29. The number of hydrogen-bond acceptors (Lipinski definition) is 4. The molecule has 0 aromatic carbocycles. The number of rotatable bonds is 5. The SMILES string of the molecule is CC1CCC(CO)(NC(=O)C(N)CC(=O)O)CC1. The van der Waals surface area contributed by atoms with Gasteiger partial charge in [0.2, 0.25) is 5.91 Å². The summed E-state index contributed by atoms with van der Waals surface area (Å²) in [4.78, 5) is 22.3. The van der Waals surface area contributed by atoms with Gasteiger partial charge in [-0.1, -0.05) is 6.92 Å². The molecule has 1 fully saturated rings. The summed E-state index contributed by atoms with van der Waals surface area (Å²) in [7, 11) is 0. The Morgan fingerprint density at radius 1 is 1.44 bits per heavy atom. The first-order chi connectivity index (χ1) is 8.38. The highest BCUT2D eigenvalue weighted by Gasteiger charge is 2.36. The van der Waals surface area contributed by atoms with Crippen LogP contribution in [0.4, 0.5) is 0 Å². The van der Waals surface area contributed by atoms with E-state index in [0.29, 0.717) is 18.8 Å². The highest BCUT2D eigenvalue weighted by atomic mass is 16.4. The summed E-state index contributed by atoms with van der Waals surface area (Å²) in [6.45, 7) is 2.00. The van der Waals surface area contributed by atoms with E-state index in [1.807, 2.05) is 0 Å². The zero-order chi connectivity index (χ0) is 13.8. The van der Waals surface area contributed by atoms with Gasteiger partial charge in [0.15, 0.2) is 0 Å². The molecule has 104 valence electrons. The van der Waals surface area contributed by atoms with Crippen molar-refractivity contribution in [1.29, 1.82) is 0 Å². The normalized spacial score (nSPS) is 29.6.